The maximum atomic E-state index is 9.86. The number of aromatic nitrogens is 2. The zero-order valence-corrected chi connectivity index (χ0v) is 6.06. The van der Waals surface area contributed by atoms with Crippen molar-refractivity contribution >= 4 is 6.08 Å². The van der Waals surface area contributed by atoms with E-state index >= 15 is 0 Å². The van der Waals surface area contributed by atoms with Gasteiger partial charge in [0.25, 0.3) is 0 Å². The number of carbonyl (C=O) groups excluding carboxylic acids is 1. The molecule has 4 heteroatoms. The summed E-state index contributed by atoms with van der Waals surface area (Å²) in [6.07, 6.45) is 6.16. The van der Waals surface area contributed by atoms with Crippen molar-refractivity contribution < 1.29 is 4.79 Å². The lowest BCUT2D eigenvalue weighted by Crippen LogP contribution is -1.90. The van der Waals surface area contributed by atoms with Crippen molar-refractivity contribution in [2.75, 3.05) is 0 Å². The minimum absolute atomic E-state index is 0.200. The van der Waals surface area contributed by atoms with Crippen LogP contribution in [0.3, 0.4) is 0 Å². The van der Waals surface area contributed by atoms with Gasteiger partial charge in [0.15, 0.2) is 0 Å². The Labute approximate surface area is 64.0 Å². The fourth-order valence-corrected chi connectivity index (χ4v) is 0.680. The molecular formula is C7H7N3O. The molecule has 1 aromatic heterocycles. The van der Waals surface area contributed by atoms with Gasteiger partial charge in [-0.15, -0.1) is 0 Å². The molecule has 0 aliphatic rings. The summed E-state index contributed by atoms with van der Waals surface area (Å²) >= 11 is 0. The monoisotopic (exact) mass is 149 g/mol. The summed E-state index contributed by atoms with van der Waals surface area (Å²) < 4.78 is 0. The van der Waals surface area contributed by atoms with E-state index in [1.165, 1.54) is 12.4 Å². The summed E-state index contributed by atoms with van der Waals surface area (Å²) in [7, 11) is 0. The maximum absolute atomic E-state index is 9.86. The summed E-state index contributed by atoms with van der Waals surface area (Å²) in [5, 5.41) is 0. The number of nitrogens with zero attached hydrogens (tertiary/aromatic N) is 3. The Hall–Kier alpha value is -1.54. The van der Waals surface area contributed by atoms with Crippen molar-refractivity contribution in [1.82, 2.24) is 9.97 Å². The molecule has 56 valence electrons. The van der Waals surface area contributed by atoms with Crippen molar-refractivity contribution in [2.24, 2.45) is 4.99 Å². The Balaban J connectivity index is 2.84. The van der Waals surface area contributed by atoms with Crippen molar-refractivity contribution in [2.45, 2.75) is 13.0 Å². The second-order valence-corrected chi connectivity index (χ2v) is 2.07. The highest BCUT2D eigenvalue weighted by molar-refractivity contribution is 5.34. The molecule has 0 spiro atoms. The molecule has 0 aliphatic carbocycles. The van der Waals surface area contributed by atoms with E-state index in [1.54, 1.807) is 19.3 Å². The highest BCUT2D eigenvalue weighted by Crippen LogP contribution is 2.11. The molecule has 0 amide bonds. The van der Waals surface area contributed by atoms with Crippen LogP contribution in [0.5, 0.6) is 0 Å². The molecule has 0 radical (unpaired) electrons. The van der Waals surface area contributed by atoms with E-state index in [1.807, 2.05) is 0 Å². The van der Waals surface area contributed by atoms with Gasteiger partial charge in [-0.2, -0.15) is 4.99 Å². The SMILES string of the molecule is C[C@H](N=C=O)c1cncnc1. The predicted octanol–water partition coefficient (Wildman–Crippen LogP) is 0.873. The van der Waals surface area contributed by atoms with Gasteiger partial charge in [0, 0.05) is 18.0 Å². The second-order valence-electron chi connectivity index (χ2n) is 2.07. The molecule has 0 N–H and O–H groups in total. The zero-order valence-electron chi connectivity index (χ0n) is 6.06. The van der Waals surface area contributed by atoms with Gasteiger partial charge >= 0.3 is 0 Å². The lowest BCUT2D eigenvalue weighted by atomic mass is 10.2. The first-order valence-electron chi connectivity index (χ1n) is 3.16. The maximum Gasteiger partial charge on any atom is 0.235 e. The Kier molecular flexibility index (Phi) is 2.47. The van der Waals surface area contributed by atoms with Gasteiger partial charge in [0.2, 0.25) is 6.08 Å². The van der Waals surface area contributed by atoms with Crippen molar-refractivity contribution in [1.29, 1.82) is 0 Å². The number of aliphatic imine (C=N–C) groups is 1. The normalized spacial score (nSPS) is 11.7. The van der Waals surface area contributed by atoms with E-state index in [0.29, 0.717) is 0 Å². The van der Waals surface area contributed by atoms with E-state index in [-0.39, 0.29) is 6.04 Å². The first-order valence-corrected chi connectivity index (χ1v) is 3.16. The Bertz CT molecular complexity index is 266. The molecule has 0 unspecified atom stereocenters. The minimum Gasteiger partial charge on any atom is -0.244 e. The quantitative estimate of drug-likeness (QED) is 0.463. The van der Waals surface area contributed by atoms with Crippen LogP contribution in [-0.2, 0) is 4.79 Å². The molecule has 11 heavy (non-hydrogen) atoms. The smallest absolute Gasteiger partial charge is 0.235 e. The molecule has 0 aliphatic heterocycles. The minimum atomic E-state index is -0.200. The van der Waals surface area contributed by atoms with Crippen LogP contribution in [0.1, 0.15) is 18.5 Å². The molecule has 0 saturated carbocycles. The van der Waals surface area contributed by atoms with Gasteiger partial charge in [-0.1, -0.05) is 0 Å². The molecule has 1 atom stereocenters. The first kappa shape index (κ1) is 7.57. The van der Waals surface area contributed by atoms with Crippen LogP contribution in [0.2, 0.25) is 0 Å². The summed E-state index contributed by atoms with van der Waals surface area (Å²) in [6, 6.07) is -0.200. The number of hydrogen-bond acceptors (Lipinski definition) is 4. The first-order chi connectivity index (χ1) is 5.34. The lowest BCUT2D eigenvalue weighted by Gasteiger charge is -1.99. The molecule has 1 heterocycles. The standard InChI is InChI=1S/C7H7N3O/c1-6(10-5-11)7-2-8-4-9-3-7/h2-4,6H,1H3/t6-/m0/s1. The number of hydrogen-bond donors (Lipinski definition) is 0. The van der Waals surface area contributed by atoms with Gasteiger partial charge in [0.05, 0.1) is 6.04 Å². The van der Waals surface area contributed by atoms with Crippen LogP contribution in [0.4, 0.5) is 0 Å². The predicted molar refractivity (Wildman–Crippen MR) is 38.6 cm³/mol. The Morgan fingerprint density at radius 1 is 1.55 bits per heavy atom. The molecule has 0 saturated heterocycles. The lowest BCUT2D eigenvalue weighted by molar-refractivity contribution is 0.559. The van der Waals surface area contributed by atoms with Crippen LogP contribution < -0.4 is 0 Å². The molecule has 4 nitrogen and oxygen atoms in total. The summed E-state index contributed by atoms with van der Waals surface area (Å²) in [4.78, 5) is 20.9. The van der Waals surface area contributed by atoms with Crippen molar-refractivity contribution in [3.63, 3.8) is 0 Å². The largest absolute Gasteiger partial charge is 0.244 e. The van der Waals surface area contributed by atoms with E-state index in [9.17, 15) is 4.79 Å². The molecular weight excluding hydrogens is 142 g/mol. The van der Waals surface area contributed by atoms with Gasteiger partial charge in [0.1, 0.15) is 6.33 Å². The molecule has 1 rings (SSSR count). The molecule has 0 fully saturated rings. The average Bonchev–Trinajstić information content (AvgIpc) is 2.07. The van der Waals surface area contributed by atoms with E-state index in [0.717, 1.165) is 5.56 Å². The highest BCUT2D eigenvalue weighted by atomic mass is 16.1. The summed E-state index contributed by atoms with van der Waals surface area (Å²) in [6.45, 7) is 1.78. The fourth-order valence-electron chi connectivity index (χ4n) is 0.680. The van der Waals surface area contributed by atoms with Crippen LogP contribution in [-0.4, -0.2) is 16.0 Å². The van der Waals surface area contributed by atoms with Crippen molar-refractivity contribution in [3.8, 4) is 0 Å². The van der Waals surface area contributed by atoms with E-state index < -0.39 is 0 Å². The fraction of sp³-hybridized carbons (Fsp3) is 0.286. The third kappa shape index (κ3) is 1.95. The van der Waals surface area contributed by atoms with E-state index in [4.69, 9.17) is 0 Å². The number of isocyanates is 1. The van der Waals surface area contributed by atoms with Crippen LogP contribution in [0.25, 0.3) is 0 Å². The molecule has 0 aromatic carbocycles. The Morgan fingerprint density at radius 2 is 2.18 bits per heavy atom. The number of rotatable bonds is 2. The average molecular weight is 149 g/mol. The van der Waals surface area contributed by atoms with Crippen LogP contribution >= 0.6 is 0 Å². The third-order valence-electron chi connectivity index (χ3n) is 1.31. The third-order valence-corrected chi connectivity index (χ3v) is 1.31. The van der Waals surface area contributed by atoms with Gasteiger partial charge in [-0.3, -0.25) is 0 Å². The Morgan fingerprint density at radius 3 is 2.73 bits per heavy atom. The van der Waals surface area contributed by atoms with Gasteiger partial charge in [-0.25, -0.2) is 14.8 Å². The van der Waals surface area contributed by atoms with Crippen molar-refractivity contribution in [3.05, 3.63) is 24.3 Å². The van der Waals surface area contributed by atoms with Crippen LogP contribution in [0.15, 0.2) is 23.7 Å². The van der Waals surface area contributed by atoms with Gasteiger partial charge < -0.3 is 0 Å². The molecule has 1 aromatic rings. The van der Waals surface area contributed by atoms with E-state index in [2.05, 4.69) is 15.0 Å². The topological polar surface area (TPSA) is 55.2 Å². The summed E-state index contributed by atoms with van der Waals surface area (Å²) in [5.41, 5.74) is 0.816. The van der Waals surface area contributed by atoms with Crippen LogP contribution in [0, 0.1) is 0 Å². The second kappa shape index (κ2) is 3.58. The molecule has 0 bridgehead atoms. The summed E-state index contributed by atoms with van der Waals surface area (Å²) in [5.74, 6) is 0. The van der Waals surface area contributed by atoms with Gasteiger partial charge in [-0.05, 0) is 6.92 Å². The highest BCUT2D eigenvalue weighted by Gasteiger charge is 2.01. The zero-order chi connectivity index (χ0) is 8.10.